The van der Waals surface area contributed by atoms with Crippen LogP contribution in [0.1, 0.15) is 1.43 Å². The second-order valence-corrected chi connectivity index (χ2v) is 6.59. The molecule has 20 heavy (non-hydrogen) atoms. The third-order valence-corrected chi connectivity index (χ3v) is 4.20. The van der Waals surface area contributed by atoms with Crippen molar-refractivity contribution in [2.45, 2.75) is 9.79 Å². The van der Waals surface area contributed by atoms with E-state index in [1.54, 1.807) is 0 Å². The van der Waals surface area contributed by atoms with Crippen LogP contribution in [0, 0.1) is 0 Å². The van der Waals surface area contributed by atoms with Gasteiger partial charge < -0.3 is 6.53 Å². The van der Waals surface area contributed by atoms with E-state index in [0.29, 0.717) is 0 Å². The number of rotatable bonds is 2. The molecule has 0 amide bonds. The van der Waals surface area contributed by atoms with Gasteiger partial charge >= 0.3 is 29.6 Å². The van der Waals surface area contributed by atoms with Gasteiger partial charge in [0.2, 0.25) is 0 Å². The van der Waals surface area contributed by atoms with Crippen LogP contribution in [0.3, 0.4) is 0 Å². The zero-order valence-electron chi connectivity index (χ0n) is 11.2. The fourth-order valence-corrected chi connectivity index (χ4v) is 2.72. The van der Waals surface area contributed by atoms with Gasteiger partial charge in [-0.15, -0.1) is 0 Å². The summed E-state index contributed by atoms with van der Waals surface area (Å²) in [5.74, 6) is -0.720. The summed E-state index contributed by atoms with van der Waals surface area (Å²) < 4.78 is 61.6. The van der Waals surface area contributed by atoms with Crippen LogP contribution >= 0.6 is 0 Å². The maximum atomic E-state index is 11.0. The van der Waals surface area contributed by atoms with Crippen molar-refractivity contribution in [3.05, 3.63) is 30.3 Å². The van der Waals surface area contributed by atoms with Crippen molar-refractivity contribution >= 4 is 31.0 Å². The van der Waals surface area contributed by atoms with Gasteiger partial charge in [-0.25, -0.2) is 0 Å². The molecule has 0 saturated heterocycles. The zero-order chi connectivity index (χ0) is 14.4. The van der Waals surface area contributed by atoms with Gasteiger partial charge in [-0.3, -0.25) is 9.11 Å². The van der Waals surface area contributed by atoms with Gasteiger partial charge in [-0.2, -0.15) is 16.8 Å². The third-order valence-electron chi connectivity index (χ3n) is 2.47. The average Bonchev–Trinajstić information content (AvgIpc) is 2.24. The molecule has 3 N–H and O–H groups in total. The van der Waals surface area contributed by atoms with Gasteiger partial charge in [-0.05, 0) is 35.0 Å². The molecule has 10 heteroatoms. The predicted octanol–water partition coefficient (Wildman–Crippen LogP) is -1.84. The first-order valence-electron chi connectivity index (χ1n) is 4.81. The van der Waals surface area contributed by atoms with Gasteiger partial charge in [0.05, 0.1) is 4.90 Å². The molecule has 2 aromatic rings. The molecule has 0 aliphatic rings. The van der Waals surface area contributed by atoms with Crippen LogP contribution in [0.2, 0.25) is 0 Å². The van der Waals surface area contributed by atoms with E-state index in [9.17, 15) is 21.9 Å². The monoisotopic (exact) mass is 328 g/mol. The number of hydrogen-bond donors (Lipinski definition) is 3. The Morgan fingerprint density at radius 1 is 0.850 bits per heavy atom. The number of phenols is 1. The first kappa shape index (κ1) is 17.4. The first-order valence-corrected chi connectivity index (χ1v) is 7.69. The maximum Gasteiger partial charge on any atom is 1.00 e. The Hall–Kier alpha value is -0.680. The molecule has 0 saturated carbocycles. The van der Waals surface area contributed by atoms with Crippen molar-refractivity contribution in [2.75, 3.05) is 0 Å². The Labute approximate surface area is 138 Å². The van der Waals surface area contributed by atoms with Crippen molar-refractivity contribution < 1.29 is 62.0 Å². The fourth-order valence-electron chi connectivity index (χ4n) is 1.61. The smallest absolute Gasteiger partial charge is 1.00 e. The van der Waals surface area contributed by atoms with E-state index >= 15 is 0 Å². The summed E-state index contributed by atoms with van der Waals surface area (Å²) >= 11 is 0. The Kier molecular flexibility index (Phi) is 4.87. The molecule has 0 spiro atoms. The molecule has 0 fully saturated rings. The number of benzene rings is 2. The molecule has 0 aliphatic heterocycles. The standard InChI is InChI=1S/C10H8O7S2.Na.H/c11-9-4-7-3-8(18(12,13)14)2-1-6(7)5-10(9)19(15,16)17;;/h1-5,11H,(H,12,13,14)(H,15,16,17);;/q;+1;-1. The van der Waals surface area contributed by atoms with Crippen LogP contribution in [0.15, 0.2) is 40.1 Å². The molecular weight excluding hydrogens is 319 g/mol. The van der Waals surface area contributed by atoms with Crippen LogP contribution in [0.25, 0.3) is 10.8 Å². The van der Waals surface area contributed by atoms with Gasteiger partial charge in [-0.1, -0.05) is 6.07 Å². The van der Waals surface area contributed by atoms with E-state index in [2.05, 4.69) is 0 Å². The third kappa shape index (κ3) is 3.50. The molecule has 0 atom stereocenters. The summed E-state index contributed by atoms with van der Waals surface area (Å²) in [5, 5.41) is 9.96. The minimum absolute atomic E-state index is 0. The van der Waals surface area contributed by atoms with Gasteiger partial charge in [0.15, 0.2) is 0 Å². The minimum Gasteiger partial charge on any atom is -1.00 e. The Balaban J connectivity index is 0.00000200. The largest absolute Gasteiger partial charge is 1.00 e. The molecular formula is C10H9NaO7S2. The number of phenolic OH excluding ortho intramolecular Hbond substituents is 1. The summed E-state index contributed by atoms with van der Waals surface area (Å²) in [6, 6.07) is 5.36. The minimum atomic E-state index is -4.58. The quantitative estimate of drug-likeness (QED) is 0.436. The molecule has 0 aliphatic carbocycles. The Bertz CT molecular complexity index is 878. The van der Waals surface area contributed by atoms with E-state index in [0.717, 1.165) is 24.3 Å². The molecule has 0 heterocycles. The molecule has 0 unspecified atom stereocenters. The van der Waals surface area contributed by atoms with Crippen molar-refractivity contribution in [1.29, 1.82) is 0 Å². The topological polar surface area (TPSA) is 129 Å². The maximum absolute atomic E-state index is 11.0. The fraction of sp³-hybridized carbons (Fsp3) is 0. The summed E-state index contributed by atoms with van der Waals surface area (Å²) in [5.41, 5.74) is 0. The van der Waals surface area contributed by atoms with E-state index in [1.807, 2.05) is 0 Å². The van der Waals surface area contributed by atoms with Crippen LogP contribution < -0.4 is 29.6 Å². The normalized spacial score (nSPS) is 12.1. The summed E-state index contributed by atoms with van der Waals surface area (Å²) in [6.45, 7) is 0. The van der Waals surface area contributed by atoms with Crippen LogP contribution in [0.4, 0.5) is 0 Å². The van der Waals surface area contributed by atoms with Crippen molar-refractivity contribution in [2.24, 2.45) is 0 Å². The first-order chi connectivity index (χ1) is 8.59. The molecule has 104 valence electrons. The number of aromatic hydroxyl groups is 1. The molecule has 7 nitrogen and oxygen atoms in total. The summed E-state index contributed by atoms with van der Waals surface area (Å²) in [7, 11) is -8.98. The van der Waals surface area contributed by atoms with Gasteiger partial charge in [0, 0.05) is 0 Å². The zero-order valence-corrected chi connectivity index (χ0v) is 13.8. The number of fused-ring (bicyclic) bond motifs is 1. The second kappa shape index (κ2) is 5.60. The van der Waals surface area contributed by atoms with E-state index in [4.69, 9.17) is 9.11 Å². The van der Waals surface area contributed by atoms with E-state index in [-0.39, 0.29) is 46.7 Å². The SMILES string of the molecule is O=S(=O)(O)c1ccc2cc(S(=O)(=O)O)c(O)cc2c1.[H-].[Na+]. The molecule has 0 aromatic heterocycles. The summed E-state index contributed by atoms with van der Waals surface area (Å²) in [4.78, 5) is -1.07. The van der Waals surface area contributed by atoms with Crippen molar-refractivity contribution in [3.8, 4) is 5.75 Å². The van der Waals surface area contributed by atoms with Crippen LogP contribution in [0.5, 0.6) is 5.75 Å². The van der Waals surface area contributed by atoms with Gasteiger partial charge in [0.1, 0.15) is 10.6 Å². The Morgan fingerprint density at radius 3 is 1.95 bits per heavy atom. The average molecular weight is 328 g/mol. The number of hydrogen-bond acceptors (Lipinski definition) is 5. The summed E-state index contributed by atoms with van der Waals surface area (Å²) in [6.07, 6.45) is 0. The van der Waals surface area contributed by atoms with Crippen LogP contribution in [-0.4, -0.2) is 31.0 Å². The van der Waals surface area contributed by atoms with E-state index < -0.39 is 30.9 Å². The van der Waals surface area contributed by atoms with E-state index in [1.165, 1.54) is 6.07 Å². The second-order valence-electron chi connectivity index (χ2n) is 3.78. The molecule has 2 aromatic carbocycles. The van der Waals surface area contributed by atoms with Crippen molar-refractivity contribution in [3.63, 3.8) is 0 Å². The van der Waals surface area contributed by atoms with Crippen molar-refractivity contribution in [1.82, 2.24) is 0 Å². The molecule has 0 bridgehead atoms. The Morgan fingerprint density at radius 2 is 1.45 bits per heavy atom. The van der Waals surface area contributed by atoms with Crippen LogP contribution in [-0.2, 0) is 20.2 Å². The van der Waals surface area contributed by atoms with Gasteiger partial charge in [0.25, 0.3) is 20.2 Å². The predicted molar refractivity (Wildman–Crippen MR) is 66.4 cm³/mol. The molecule has 0 radical (unpaired) electrons. The molecule has 2 rings (SSSR count).